The molecule has 0 saturated heterocycles. The van der Waals surface area contributed by atoms with E-state index in [1.54, 1.807) is 37.3 Å². The Morgan fingerprint density at radius 1 is 0.923 bits per heavy atom. The normalized spacial score (nSPS) is 12.5. The van der Waals surface area contributed by atoms with E-state index in [0.29, 0.717) is 12.2 Å². The van der Waals surface area contributed by atoms with E-state index in [1.807, 2.05) is 25.1 Å². The predicted octanol–water partition coefficient (Wildman–Crippen LogP) is 3.31. The molecule has 2 unspecified atom stereocenters. The Morgan fingerprint density at radius 2 is 1.38 bits per heavy atom. The van der Waals surface area contributed by atoms with E-state index in [1.165, 1.54) is 7.11 Å². The summed E-state index contributed by atoms with van der Waals surface area (Å²) in [6, 6.07) is 14.2. The van der Waals surface area contributed by atoms with Gasteiger partial charge in [-0.15, -0.1) is 0 Å². The van der Waals surface area contributed by atoms with Crippen molar-refractivity contribution in [3.05, 3.63) is 59.7 Å². The number of para-hydroxylation sites is 2. The number of esters is 1. The van der Waals surface area contributed by atoms with Crippen LogP contribution in [0.2, 0.25) is 0 Å². The summed E-state index contributed by atoms with van der Waals surface area (Å²) < 4.78 is 4.60. The first-order valence-corrected chi connectivity index (χ1v) is 8.61. The summed E-state index contributed by atoms with van der Waals surface area (Å²) in [5, 5.41) is 27.6. The standard InChI is InChI=1S/C11H14O3.C10H14O2/c1-8(11(13)14-2)7-9-5-3-4-6-10(9)12;1-8(7-11)6-9-4-2-3-5-10(9)12/h3-6,8,12H,7H2,1-2H3;2-5,8,11-12H,6-7H2,1H3. The van der Waals surface area contributed by atoms with E-state index in [-0.39, 0.29) is 30.2 Å². The van der Waals surface area contributed by atoms with Crippen LogP contribution < -0.4 is 0 Å². The monoisotopic (exact) mass is 360 g/mol. The SMILES string of the molecule is CC(CO)Cc1ccccc1O.COC(=O)C(C)Cc1ccccc1O. The number of phenolic OH excluding ortho intramolecular Hbond substituents is 2. The number of hydrogen-bond acceptors (Lipinski definition) is 5. The molecule has 0 heterocycles. The van der Waals surface area contributed by atoms with E-state index in [9.17, 15) is 15.0 Å². The largest absolute Gasteiger partial charge is 0.508 e. The summed E-state index contributed by atoms with van der Waals surface area (Å²) in [5.74, 6) is 0.265. The van der Waals surface area contributed by atoms with E-state index in [0.717, 1.165) is 17.5 Å². The number of ether oxygens (including phenoxy) is 1. The fraction of sp³-hybridized carbons (Fsp3) is 0.381. The maximum absolute atomic E-state index is 11.1. The van der Waals surface area contributed by atoms with Gasteiger partial charge in [-0.25, -0.2) is 0 Å². The first-order chi connectivity index (χ1) is 12.4. The van der Waals surface area contributed by atoms with Crippen molar-refractivity contribution in [3.63, 3.8) is 0 Å². The fourth-order valence-electron chi connectivity index (χ4n) is 2.42. The van der Waals surface area contributed by atoms with Crippen LogP contribution in [-0.2, 0) is 22.4 Å². The topological polar surface area (TPSA) is 87.0 Å². The molecule has 2 atom stereocenters. The number of carbonyl (C=O) groups excluding carboxylic acids is 1. The smallest absolute Gasteiger partial charge is 0.308 e. The highest BCUT2D eigenvalue weighted by Crippen LogP contribution is 2.20. The Labute approximate surface area is 154 Å². The van der Waals surface area contributed by atoms with E-state index < -0.39 is 0 Å². The van der Waals surface area contributed by atoms with Gasteiger partial charge in [0.15, 0.2) is 0 Å². The molecule has 5 heteroatoms. The number of aromatic hydroxyl groups is 2. The lowest BCUT2D eigenvalue weighted by molar-refractivity contribution is -0.144. The third-order valence-electron chi connectivity index (χ3n) is 3.99. The van der Waals surface area contributed by atoms with Gasteiger partial charge in [0.05, 0.1) is 13.0 Å². The van der Waals surface area contributed by atoms with Crippen molar-refractivity contribution in [2.75, 3.05) is 13.7 Å². The summed E-state index contributed by atoms with van der Waals surface area (Å²) in [4.78, 5) is 11.1. The first kappa shape index (κ1) is 21.5. The average molecular weight is 360 g/mol. The third-order valence-corrected chi connectivity index (χ3v) is 3.99. The number of methoxy groups -OCH3 is 1. The number of benzene rings is 2. The van der Waals surface area contributed by atoms with Gasteiger partial charge in [-0.05, 0) is 42.0 Å². The van der Waals surface area contributed by atoms with Crippen LogP contribution in [0.15, 0.2) is 48.5 Å². The second kappa shape index (κ2) is 11.2. The van der Waals surface area contributed by atoms with Crippen molar-refractivity contribution in [2.24, 2.45) is 11.8 Å². The van der Waals surface area contributed by atoms with Crippen molar-refractivity contribution in [1.82, 2.24) is 0 Å². The average Bonchev–Trinajstić information content (AvgIpc) is 2.65. The molecule has 2 aromatic carbocycles. The molecule has 26 heavy (non-hydrogen) atoms. The Hall–Kier alpha value is -2.53. The van der Waals surface area contributed by atoms with Crippen LogP contribution in [0.25, 0.3) is 0 Å². The molecule has 0 aliphatic heterocycles. The molecule has 0 aromatic heterocycles. The Morgan fingerprint density at radius 3 is 1.81 bits per heavy atom. The minimum Gasteiger partial charge on any atom is -0.508 e. The lowest BCUT2D eigenvalue weighted by Gasteiger charge is -2.09. The van der Waals surface area contributed by atoms with Gasteiger partial charge in [0.2, 0.25) is 0 Å². The molecule has 2 aromatic rings. The van der Waals surface area contributed by atoms with Gasteiger partial charge >= 0.3 is 5.97 Å². The molecule has 0 radical (unpaired) electrons. The lowest BCUT2D eigenvalue weighted by atomic mass is 10.0. The summed E-state index contributed by atoms with van der Waals surface area (Å²) >= 11 is 0. The maximum atomic E-state index is 11.1. The fourth-order valence-corrected chi connectivity index (χ4v) is 2.42. The predicted molar refractivity (Wildman–Crippen MR) is 101 cm³/mol. The maximum Gasteiger partial charge on any atom is 0.308 e. The van der Waals surface area contributed by atoms with E-state index in [4.69, 9.17) is 5.11 Å². The number of carbonyl (C=O) groups is 1. The molecule has 0 saturated carbocycles. The highest BCUT2D eigenvalue weighted by Gasteiger charge is 2.15. The first-order valence-electron chi connectivity index (χ1n) is 8.61. The van der Waals surface area contributed by atoms with Crippen LogP contribution in [0.4, 0.5) is 0 Å². The van der Waals surface area contributed by atoms with Gasteiger partial charge in [-0.1, -0.05) is 50.2 Å². The highest BCUT2D eigenvalue weighted by molar-refractivity contribution is 5.72. The van der Waals surface area contributed by atoms with Gasteiger partial charge in [0, 0.05) is 6.61 Å². The Bertz CT molecular complexity index is 684. The summed E-state index contributed by atoms with van der Waals surface area (Å²) in [7, 11) is 1.36. The molecule has 0 bridgehead atoms. The number of hydrogen-bond donors (Lipinski definition) is 3. The number of aliphatic hydroxyl groups excluding tert-OH is 1. The molecular weight excluding hydrogens is 332 g/mol. The van der Waals surface area contributed by atoms with Crippen molar-refractivity contribution < 1.29 is 24.9 Å². The summed E-state index contributed by atoms with van der Waals surface area (Å²) in [6.07, 6.45) is 1.22. The lowest BCUT2D eigenvalue weighted by Crippen LogP contribution is -2.15. The quantitative estimate of drug-likeness (QED) is 0.688. The second-order valence-corrected chi connectivity index (χ2v) is 6.38. The van der Waals surface area contributed by atoms with Gasteiger partial charge < -0.3 is 20.1 Å². The summed E-state index contributed by atoms with van der Waals surface area (Å²) in [5.41, 5.74) is 1.67. The van der Waals surface area contributed by atoms with Crippen molar-refractivity contribution in [1.29, 1.82) is 0 Å². The summed E-state index contributed by atoms with van der Waals surface area (Å²) in [6.45, 7) is 3.89. The van der Waals surface area contributed by atoms with Crippen LogP contribution in [0, 0.1) is 11.8 Å². The van der Waals surface area contributed by atoms with Gasteiger partial charge in [0.25, 0.3) is 0 Å². The number of rotatable bonds is 6. The molecule has 0 aliphatic rings. The molecule has 3 N–H and O–H groups in total. The van der Waals surface area contributed by atoms with Crippen LogP contribution in [-0.4, -0.2) is 35.0 Å². The minimum absolute atomic E-state index is 0.161. The number of phenols is 2. The Kier molecular flexibility index (Phi) is 9.23. The zero-order valence-electron chi connectivity index (χ0n) is 15.6. The van der Waals surface area contributed by atoms with Crippen molar-refractivity contribution >= 4 is 5.97 Å². The third kappa shape index (κ3) is 7.15. The zero-order chi connectivity index (χ0) is 19.5. The van der Waals surface area contributed by atoms with Crippen LogP contribution in [0.5, 0.6) is 11.5 Å². The van der Waals surface area contributed by atoms with E-state index in [2.05, 4.69) is 4.74 Å². The zero-order valence-corrected chi connectivity index (χ0v) is 15.6. The Balaban J connectivity index is 0.000000263. The minimum atomic E-state index is -0.256. The molecule has 0 spiro atoms. The molecule has 0 amide bonds. The number of aliphatic hydroxyl groups is 1. The van der Waals surface area contributed by atoms with Gasteiger partial charge in [-0.3, -0.25) is 4.79 Å². The highest BCUT2D eigenvalue weighted by atomic mass is 16.5. The molecule has 5 nitrogen and oxygen atoms in total. The van der Waals surface area contributed by atoms with Crippen LogP contribution in [0.1, 0.15) is 25.0 Å². The van der Waals surface area contributed by atoms with Gasteiger partial charge in [-0.2, -0.15) is 0 Å². The molecule has 0 aliphatic carbocycles. The van der Waals surface area contributed by atoms with Crippen LogP contribution in [0.3, 0.4) is 0 Å². The van der Waals surface area contributed by atoms with Crippen molar-refractivity contribution in [3.8, 4) is 11.5 Å². The van der Waals surface area contributed by atoms with E-state index >= 15 is 0 Å². The van der Waals surface area contributed by atoms with Crippen molar-refractivity contribution in [2.45, 2.75) is 26.7 Å². The van der Waals surface area contributed by atoms with Gasteiger partial charge in [0.1, 0.15) is 11.5 Å². The molecular formula is C21H28O5. The molecule has 142 valence electrons. The molecule has 0 fully saturated rings. The van der Waals surface area contributed by atoms with Crippen LogP contribution >= 0.6 is 0 Å². The second-order valence-electron chi connectivity index (χ2n) is 6.38. The molecule has 2 rings (SSSR count).